The number of rotatable bonds is 4. The van der Waals surface area contributed by atoms with Gasteiger partial charge in [-0.3, -0.25) is 4.79 Å². The first-order valence-electron chi connectivity index (χ1n) is 6.92. The van der Waals surface area contributed by atoms with E-state index in [2.05, 4.69) is 0 Å². The van der Waals surface area contributed by atoms with E-state index in [4.69, 9.17) is 16.3 Å². The van der Waals surface area contributed by atoms with Crippen LogP contribution in [0.15, 0.2) is 48.5 Å². The van der Waals surface area contributed by atoms with Crippen molar-refractivity contribution in [3.63, 3.8) is 0 Å². The third kappa shape index (κ3) is 4.02. The first kappa shape index (κ1) is 16.8. The number of para-hydroxylation sites is 1. The molecule has 0 aliphatic rings. The molecule has 0 aliphatic heterocycles. The number of hydrogen-bond donors (Lipinski definition) is 1. The fourth-order valence-electron chi connectivity index (χ4n) is 2.00. The molecule has 0 aliphatic carbocycles. The Morgan fingerprint density at radius 1 is 1.17 bits per heavy atom. The van der Waals surface area contributed by atoms with Crippen LogP contribution in [0.25, 0.3) is 0 Å². The van der Waals surface area contributed by atoms with E-state index < -0.39 is 12.1 Å². The van der Waals surface area contributed by atoms with Gasteiger partial charge in [-0.05, 0) is 37.3 Å². The second-order valence-corrected chi connectivity index (χ2v) is 5.38. The van der Waals surface area contributed by atoms with Gasteiger partial charge in [-0.25, -0.2) is 4.79 Å². The van der Waals surface area contributed by atoms with E-state index >= 15 is 0 Å². The van der Waals surface area contributed by atoms with Gasteiger partial charge >= 0.3 is 5.97 Å². The van der Waals surface area contributed by atoms with Crippen LogP contribution < -0.4 is 4.90 Å². The minimum atomic E-state index is -0.997. The molecule has 0 fully saturated rings. The molecule has 2 rings (SSSR count). The predicted octanol–water partition coefficient (Wildman–Crippen LogP) is 3.25. The molecule has 0 spiro atoms. The van der Waals surface area contributed by atoms with Gasteiger partial charge in [0.15, 0.2) is 6.10 Å². The van der Waals surface area contributed by atoms with Gasteiger partial charge in [0.25, 0.3) is 5.91 Å². The number of benzene rings is 2. The average Bonchev–Trinajstić information content (AvgIpc) is 2.54. The minimum absolute atomic E-state index is 0.0450. The SMILES string of the molecule is C[C@@H](OC(=O)c1ccc(Cl)cc1O)C(=O)N(C)c1ccccc1. The van der Waals surface area contributed by atoms with Gasteiger partial charge in [-0.1, -0.05) is 29.8 Å². The highest BCUT2D eigenvalue weighted by Crippen LogP contribution is 2.23. The minimum Gasteiger partial charge on any atom is -0.507 e. The summed E-state index contributed by atoms with van der Waals surface area (Å²) < 4.78 is 5.13. The van der Waals surface area contributed by atoms with Gasteiger partial charge in [0.1, 0.15) is 11.3 Å². The van der Waals surface area contributed by atoms with E-state index in [1.807, 2.05) is 18.2 Å². The van der Waals surface area contributed by atoms with Crippen molar-refractivity contribution in [2.45, 2.75) is 13.0 Å². The number of likely N-dealkylation sites (N-methyl/N-ethyl adjacent to an activating group) is 1. The predicted molar refractivity (Wildman–Crippen MR) is 87.8 cm³/mol. The van der Waals surface area contributed by atoms with Crippen LogP contribution in [0.4, 0.5) is 5.69 Å². The first-order chi connectivity index (χ1) is 10.9. The number of anilines is 1. The summed E-state index contributed by atoms with van der Waals surface area (Å²) in [5.41, 5.74) is 0.645. The maximum Gasteiger partial charge on any atom is 0.342 e. The lowest BCUT2D eigenvalue weighted by Crippen LogP contribution is -2.37. The Kier molecular flexibility index (Phi) is 5.24. The molecular weight excluding hydrogens is 318 g/mol. The molecule has 23 heavy (non-hydrogen) atoms. The number of ether oxygens (including phenoxy) is 1. The van der Waals surface area contributed by atoms with E-state index in [-0.39, 0.29) is 17.2 Å². The highest BCUT2D eigenvalue weighted by molar-refractivity contribution is 6.30. The number of hydrogen-bond acceptors (Lipinski definition) is 4. The van der Waals surface area contributed by atoms with Crippen molar-refractivity contribution < 1.29 is 19.4 Å². The Bertz CT molecular complexity index is 718. The average molecular weight is 334 g/mol. The lowest BCUT2D eigenvalue weighted by atomic mass is 10.2. The third-order valence-electron chi connectivity index (χ3n) is 3.29. The van der Waals surface area contributed by atoms with Crippen LogP contribution in [0.3, 0.4) is 0 Å². The Balaban J connectivity index is 2.07. The van der Waals surface area contributed by atoms with Crippen molar-refractivity contribution in [3.05, 3.63) is 59.1 Å². The highest BCUT2D eigenvalue weighted by Gasteiger charge is 2.24. The normalized spacial score (nSPS) is 11.6. The number of amides is 1. The zero-order chi connectivity index (χ0) is 17.0. The van der Waals surface area contributed by atoms with E-state index in [0.717, 1.165) is 0 Å². The van der Waals surface area contributed by atoms with Crippen LogP contribution in [-0.2, 0) is 9.53 Å². The molecule has 1 atom stereocenters. The van der Waals surface area contributed by atoms with Gasteiger partial charge in [0.2, 0.25) is 0 Å². The molecule has 6 heteroatoms. The standard InChI is InChI=1S/C17H16ClNO4/c1-11(16(21)19(2)13-6-4-3-5-7-13)23-17(22)14-9-8-12(18)10-15(14)20/h3-11,20H,1-2H3/t11-/m1/s1. The van der Waals surface area contributed by atoms with Gasteiger partial charge in [-0.2, -0.15) is 0 Å². The highest BCUT2D eigenvalue weighted by atomic mass is 35.5. The number of esters is 1. The van der Waals surface area contributed by atoms with Crippen molar-refractivity contribution >= 4 is 29.2 Å². The van der Waals surface area contributed by atoms with Crippen LogP contribution in [0.5, 0.6) is 5.75 Å². The summed E-state index contributed by atoms with van der Waals surface area (Å²) in [6.07, 6.45) is -0.997. The molecule has 0 heterocycles. The molecule has 2 aromatic rings. The van der Waals surface area contributed by atoms with Crippen molar-refractivity contribution in [2.75, 3.05) is 11.9 Å². The summed E-state index contributed by atoms with van der Waals surface area (Å²) in [4.78, 5) is 25.8. The van der Waals surface area contributed by atoms with Crippen molar-refractivity contribution in [1.82, 2.24) is 0 Å². The van der Waals surface area contributed by atoms with E-state index in [9.17, 15) is 14.7 Å². The number of phenols is 1. The number of aromatic hydroxyl groups is 1. The lowest BCUT2D eigenvalue weighted by molar-refractivity contribution is -0.126. The Morgan fingerprint density at radius 2 is 1.83 bits per heavy atom. The molecule has 1 N–H and O–H groups in total. The number of phenolic OH excluding ortho intramolecular Hbond substituents is 1. The van der Waals surface area contributed by atoms with Crippen molar-refractivity contribution in [3.8, 4) is 5.75 Å². The number of halogens is 1. The Labute approximate surface area is 139 Å². The van der Waals surface area contributed by atoms with Gasteiger partial charge in [0.05, 0.1) is 0 Å². The maximum absolute atomic E-state index is 12.3. The van der Waals surface area contributed by atoms with E-state index in [1.165, 1.54) is 30.0 Å². The van der Waals surface area contributed by atoms with Crippen molar-refractivity contribution in [1.29, 1.82) is 0 Å². The molecule has 2 aromatic carbocycles. The maximum atomic E-state index is 12.3. The topological polar surface area (TPSA) is 66.8 Å². The fraction of sp³-hybridized carbons (Fsp3) is 0.176. The van der Waals surface area contributed by atoms with E-state index in [1.54, 1.807) is 19.2 Å². The fourth-order valence-corrected chi connectivity index (χ4v) is 2.17. The lowest BCUT2D eigenvalue weighted by Gasteiger charge is -2.21. The molecule has 1 amide bonds. The molecule has 120 valence electrons. The van der Waals surface area contributed by atoms with Crippen LogP contribution >= 0.6 is 11.6 Å². The molecule has 5 nitrogen and oxygen atoms in total. The molecule has 0 aromatic heterocycles. The number of carbonyl (C=O) groups is 2. The van der Waals surface area contributed by atoms with Gasteiger partial charge in [0, 0.05) is 17.8 Å². The number of nitrogens with zero attached hydrogens (tertiary/aromatic N) is 1. The van der Waals surface area contributed by atoms with Crippen molar-refractivity contribution in [2.24, 2.45) is 0 Å². The zero-order valence-electron chi connectivity index (χ0n) is 12.7. The van der Waals surface area contributed by atoms with Crippen LogP contribution in [-0.4, -0.2) is 30.1 Å². The first-order valence-corrected chi connectivity index (χ1v) is 7.30. The molecule has 0 saturated carbocycles. The van der Waals surface area contributed by atoms with Crippen LogP contribution in [0.2, 0.25) is 5.02 Å². The summed E-state index contributed by atoms with van der Waals surface area (Å²) in [6.45, 7) is 1.48. The second kappa shape index (κ2) is 7.15. The monoisotopic (exact) mass is 333 g/mol. The molecule has 0 radical (unpaired) electrons. The molecular formula is C17H16ClNO4. The zero-order valence-corrected chi connectivity index (χ0v) is 13.4. The Hall–Kier alpha value is -2.53. The molecule has 0 unspecified atom stereocenters. The smallest absolute Gasteiger partial charge is 0.342 e. The quantitative estimate of drug-likeness (QED) is 0.872. The van der Waals surface area contributed by atoms with E-state index in [0.29, 0.717) is 10.7 Å². The summed E-state index contributed by atoms with van der Waals surface area (Å²) in [5.74, 6) is -1.46. The van der Waals surface area contributed by atoms with Gasteiger partial charge < -0.3 is 14.7 Å². The van der Waals surface area contributed by atoms with Crippen LogP contribution in [0, 0.1) is 0 Å². The Morgan fingerprint density at radius 3 is 2.43 bits per heavy atom. The van der Waals surface area contributed by atoms with Crippen LogP contribution in [0.1, 0.15) is 17.3 Å². The molecule has 0 bridgehead atoms. The molecule has 0 saturated heterocycles. The van der Waals surface area contributed by atoms with Gasteiger partial charge in [-0.15, -0.1) is 0 Å². The second-order valence-electron chi connectivity index (χ2n) is 4.94. The summed E-state index contributed by atoms with van der Waals surface area (Å²) >= 11 is 5.71. The third-order valence-corrected chi connectivity index (χ3v) is 3.52. The summed E-state index contributed by atoms with van der Waals surface area (Å²) in [5, 5.41) is 10.0. The number of carbonyl (C=O) groups excluding carboxylic acids is 2. The summed E-state index contributed by atoms with van der Waals surface area (Å²) in [6, 6.07) is 13.0. The largest absolute Gasteiger partial charge is 0.507 e. The summed E-state index contributed by atoms with van der Waals surface area (Å²) in [7, 11) is 1.60.